The van der Waals surface area contributed by atoms with Crippen LogP contribution in [-0.2, 0) is 10.8 Å². The third-order valence-electron chi connectivity index (χ3n) is 3.94. The van der Waals surface area contributed by atoms with E-state index < -0.39 is 10.8 Å². The monoisotopic (exact) mass is 384 g/mol. The van der Waals surface area contributed by atoms with Crippen LogP contribution in [-0.4, -0.2) is 21.4 Å². The molecule has 6 heteroatoms. The van der Waals surface area contributed by atoms with Gasteiger partial charge >= 0.3 is 0 Å². The fraction of sp³-hybridized carbons (Fsp3) is 0.100. The van der Waals surface area contributed by atoms with Gasteiger partial charge in [-0.3, -0.25) is 14.0 Å². The molecule has 0 fully saturated rings. The minimum Gasteiger partial charge on any atom is -0.322 e. The van der Waals surface area contributed by atoms with Crippen molar-refractivity contribution < 1.29 is 9.00 Å². The molecule has 1 heterocycles. The van der Waals surface area contributed by atoms with E-state index in [-0.39, 0.29) is 5.91 Å². The zero-order chi connectivity index (χ0) is 18.7. The minimum absolute atomic E-state index is 0.231. The third kappa shape index (κ3) is 4.00. The van der Waals surface area contributed by atoms with Crippen molar-refractivity contribution in [2.45, 2.75) is 11.8 Å². The summed E-state index contributed by atoms with van der Waals surface area (Å²) >= 11 is 6.28. The molecule has 4 nitrogen and oxygen atoms in total. The first-order valence-electron chi connectivity index (χ1n) is 7.92. The maximum atomic E-state index is 12.6. The molecule has 0 aliphatic rings. The van der Waals surface area contributed by atoms with Crippen molar-refractivity contribution in [3.63, 3.8) is 0 Å². The van der Waals surface area contributed by atoms with Crippen LogP contribution < -0.4 is 5.32 Å². The lowest BCUT2D eigenvalue weighted by molar-refractivity contribution is 0.102. The van der Waals surface area contributed by atoms with Gasteiger partial charge < -0.3 is 5.32 Å². The van der Waals surface area contributed by atoms with Crippen LogP contribution >= 0.6 is 11.6 Å². The van der Waals surface area contributed by atoms with Gasteiger partial charge in [0.1, 0.15) is 0 Å². The Hall–Kier alpha value is -2.50. The summed E-state index contributed by atoms with van der Waals surface area (Å²) in [4.78, 5) is 17.6. The largest absolute Gasteiger partial charge is 0.322 e. The van der Waals surface area contributed by atoms with E-state index in [2.05, 4.69) is 10.3 Å². The van der Waals surface area contributed by atoms with E-state index in [9.17, 15) is 9.00 Å². The first kappa shape index (κ1) is 18.3. The predicted molar refractivity (Wildman–Crippen MR) is 106 cm³/mol. The van der Waals surface area contributed by atoms with Crippen molar-refractivity contribution in [3.8, 4) is 11.3 Å². The molecule has 0 aliphatic carbocycles. The molecule has 0 aliphatic heterocycles. The fourth-order valence-electron chi connectivity index (χ4n) is 2.59. The number of amides is 1. The van der Waals surface area contributed by atoms with Gasteiger partial charge in [0.15, 0.2) is 0 Å². The number of pyridine rings is 1. The molecule has 0 saturated heterocycles. The number of aryl methyl sites for hydroxylation is 1. The summed E-state index contributed by atoms with van der Waals surface area (Å²) in [6.45, 7) is 1.83. The quantitative estimate of drug-likeness (QED) is 0.709. The van der Waals surface area contributed by atoms with Crippen LogP contribution in [0.25, 0.3) is 11.3 Å². The highest BCUT2D eigenvalue weighted by Gasteiger charge is 2.12. The van der Waals surface area contributed by atoms with Crippen molar-refractivity contribution in [2.75, 3.05) is 11.6 Å². The zero-order valence-electron chi connectivity index (χ0n) is 14.3. The van der Waals surface area contributed by atoms with E-state index in [1.165, 1.54) is 0 Å². The summed E-state index contributed by atoms with van der Waals surface area (Å²) < 4.78 is 11.6. The SMILES string of the molecule is Cc1cc(S(C)=O)ccc1C(=O)Nc1ccc(Cl)c(-c2ccccn2)c1. The highest BCUT2D eigenvalue weighted by atomic mass is 35.5. The fourth-order valence-corrected chi connectivity index (χ4v) is 3.41. The molecular weight excluding hydrogens is 368 g/mol. The summed E-state index contributed by atoms with van der Waals surface area (Å²) in [6, 6.07) is 16.0. The molecule has 3 rings (SSSR count). The Labute approximate surface area is 159 Å². The first-order valence-corrected chi connectivity index (χ1v) is 9.85. The van der Waals surface area contributed by atoms with Crippen LogP contribution in [0.4, 0.5) is 5.69 Å². The average molecular weight is 385 g/mol. The highest BCUT2D eigenvalue weighted by molar-refractivity contribution is 7.84. The number of rotatable bonds is 4. The molecule has 1 unspecified atom stereocenters. The van der Waals surface area contributed by atoms with Gasteiger partial charge in [0.25, 0.3) is 5.91 Å². The normalized spacial score (nSPS) is 11.8. The van der Waals surface area contributed by atoms with E-state index in [0.29, 0.717) is 21.2 Å². The highest BCUT2D eigenvalue weighted by Crippen LogP contribution is 2.29. The molecule has 0 saturated carbocycles. The molecule has 132 valence electrons. The van der Waals surface area contributed by atoms with Gasteiger partial charge in [0.2, 0.25) is 0 Å². The van der Waals surface area contributed by atoms with Crippen molar-refractivity contribution >= 4 is 34.0 Å². The topological polar surface area (TPSA) is 59.1 Å². The Morgan fingerprint density at radius 2 is 1.92 bits per heavy atom. The molecule has 0 radical (unpaired) electrons. The van der Waals surface area contributed by atoms with Crippen molar-refractivity contribution in [3.05, 3.63) is 76.9 Å². The van der Waals surface area contributed by atoms with E-state index in [1.54, 1.807) is 48.9 Å². The molecule has 1 aromatic heterocycles. The Morgan fingerprint density at radius 3 is 2.58 bits per heavy atom. The van der Waals surface area contributed by atoms with Crippen molar-refractivity contribution in [1.29, 1.82) is 0 Å². The lowest BCUT2D eigenvalue weighted by Crippen LogP contribution is -2.13. The molecule has 3 aromatic rings. The lowest BCUT2D eigenvalue weighted by atomic mass is 10.1. The zero-order valence-corrected chi connectivity index (χ0v) is 15.9. The maximum Gasteiger partial charge on any atom is 0.255 e. The number of nitrogens with one attached hydrogen (secondary N) is 1. The van der Waals surface area contributed by atoms with Gasteiger partial charge in [-0.05, 0) is 61.0 Å². The average Bonchev–Trinajstić information content (AvgIpc) is 2.63. The summed E-state index contributed by atoms with van der Waals surface area (Å²) in [5.41, 5.74) is 3.42. The lowest BCUT2D eigenvalue weighted by Gasteiger charge is -2.11. The Bertz CT molecular complexity index is 990. The summed E-state index contributed by atoms with van der Waals surface area (Å²) in [5, 5.41) is 3.45. The van der Waals surface area contributed by atoms with Gasteiger partial charge in [-0.2, -0.15) is 0 Å². The third-order valence-corrected chi connectivity index (χ3v) is 5.19. The summed E-state index contributed by atoms with van der Waals surface area (Å²) in [6.07, 6.45) is 3.31. The molecule has 1 atom stereocenters. The molecule has 26 heavy (non-hydrogen) atoms. The van der Waals surface area contributed by atoms with Crippen LogP contribution in [0.5, 0.6) is 0 Å². The van der Waals surface area contributed by atoms with Crippen molar-refractivity contribution in [2.24, 2.45) is 0 Å². The van der Waals surface area contributed by atoms with Crippen LogP contribution in [0.15, 0.2) is 65.7 Å². The van der Waals surface area contributed by atoms with Crippen LogP contribution in [0.2, 0.25) is 5.02 Å². The Balaban J connectivity index is 1.88. The van der Waals surface area contributed by atoms with Gasteiger partial charge in [-0.25, -0.2) is 0 Å². The molecule has 0 bridgehead atoms. The standard InChI is InChI=1S/C20H17ClN2O2S/c1-13-11-15(26(2)25)7-8-16(13)20(24)23-14-6-9-18(21)17(12-14)19-5-3-4-10-22-19/h3-12H,1-2H3,(H,23,24). The summed E-state index contributed by atoms with van der Waals surface area (Å²) in [7, 11) is -1.08. The number of aromatic nitrogens is 1. The number of hydrogen-bond donors (Lipinski definition) is 1. The van der Waals surface area contributed by atoms with E-state index >= 15 is 0 Å². The van der Waals surface area contributed by atoms with Gasteiger partial charge in [-0.15, -0.1) is 0 Å². The van der Waals surface area contributed by atoms with Gasteiger partial charge in [-0.1, -0.05) is 17.7 Å². The molecule has 1 amide bonds. The smallest absolute Gasteiger partial charge is 0.255 e. The molecule has 1 N–H and O–H groups in total. The maximum absolute atomic E-state index is 12.6. The summed E-state index contributed by atoms with van der Waals surface area (Å²) in [5.74, 6) is -0.231. The Kier molecular flexibility index (Phi) is 5.49. The first-order chi connectivity index (χ1) is 12.5. The second kappa shape index (κ2) is 7.81. The second-order valence-corrected chi connectivity index (χ2v) is 7.58. The van der Waals surface area contributed by atoms with Crippen molar-refractivity contribution in [1.82, 2.24) is 4.98 Å². The van der Waals surface area contributed by atoms with Gasteiger partial charge in [0.05, 0.1) is 10.7 Å². The number of carbonyl (C=O) groups excluding carboxylic acids is 1. The van der Waals surface area contributed by atoms with E-state index in [4.69, 9.17) is 11.6 Å². The number of carbonyl (C=O) groups is 1. The van der Waals surface area contributed by atoms with Crippen LogP contribution in [0.1, 0.15) is 15.9 Å². The van der Waals surface area contributed by atoms with Crippen LogP contribution in [0.3, 0.4) is 0 Å². The molecular formula is C20H17ClN2O2S. The van der Waals surface area contributed by atoms with E-state index in [1.807, 2.05) is 25.1 Å². The number of halogens is 1. The minimum atomic E-state index is -1.08. The number of benzene rings is 2. The second-order valence-electron chi connectivity index (χ2n) is 5.79. The van der Waals surface area contributed by atoms with E-state index in [0.717, 1.165) is 16.8 Å². The number of hydrogen-bond acceptors (Lipinski definition) is 3. The molecule has 2 aromatic carbocycles. The van der Waals surface area contributed by atoms with Gasteiger partial charge in [0, 0.05) is 45.0 Å². The molecule has 0 spiro atoms. The van der Waals surface area contributed by atoms with Crippen LogP contribution in [0, 0.1) is 6.92 Å². The Morgan fingerprint density at radius 1 is 1.12 bits per heavy atom. The number of nitrogens with zero attached hydrogens (tertiary/aromatic N) is 1. The number of anilines is 1. The predicted octanol–water partition coefficient (Wildman–Crippen LogP) is 4.70.